The third-order valence-electron chi connectivity index (χ3n) is 5.10. The molecule has 32 heavy (non-hydrogen) atoms. The van der Waals surface area contributed by atoms with Crippen LogP contribution < -0.4 is 5.32 Å². The summed E-state index contributed by atoms with van der Waals surface area (Å²) in [6, 6.07) is 15.3. The van der Waals surface area contributed by atoms with E-state index in [1.54, 1.807) is 36.7 Å². The number of benzene rings is 2. The summed E-state index contributed by atoms with van der Waals surface area (Å²) in [6.07, 6.45) is 9.20. The van der Waals surface area contributed by atoms with Gasteiger partial charge in [0.2, 0.25) is 0 Å². The van der Waals surface area contributed by atoms with Gasteiger partial charge in [-0.25, -0.2) is 4.39 Å². The van der Waals surface area contributed by atoms with Gasteiger partial charge in [0, 0.05) is 41.8 Å². The number of nitrogens with one attached hydrogen (secondary N) is 1. The molecular formula is C27H22FN3O. The Morgan fingerprint density at radius 3 is 2.59 bits per heavy atom. The molecule has 1 aromatic heterocycles. The molecule has 0 fully saturated rings. The highest BCUT2D eigenvalue weighted by Gasteiger charge is 2.10. The van der Waals surface area contributed by atoms with Gasteiger partial charge in [0.05, 0.1) is 6.54 Å². The Labute approximate surface area is 186 Å². The molecule has 0 aliphatic carbocycles. The van der Waals surface area contributed by atoms with Gasteiger partial charge in [-0.3, -0.25) is 14.8 Å². The Morgan fingerprint density at radius 2 is 1.84 bits per heavy atom. The Morgan fingerprint density at radius 1 is 1.03 bits per heavy atom. The van der Waals surface area contributed by atoms with Crippen molar-refractivity contribution in [2.75, 3.05) is 13.1 Å². The molecule has 0 saturated carbocycles. The normalized spacial score (nSPS) is 12.1. The first-order valence-corrected chi connectivity index (χ1v) is 10.5. The van der Waals surface area contributed by atoms with Crippen molar-refractivity contribution < 1.29 is 9.18 Å². The van der Waals surface area contributed by atoms with Crippen LogP contribution in [0.3, 0.4) is 0 Å². The first-order valence-electron chi connectivity index (χ1n) is 10.5. The lowest BCUT2D eigenvalue weighted by atomic mass is 9.98. The largest absolute Gasteiger partial charge is 0.352 e. The number of aliphatic imine (C=N–C) groups is 1. The zero-order valence-corrected chi connectivity index (χ0v) is 17.5. The minimum Gasteiger partial charge on any atom is -0.352 e. The summed E-state index contributed by atoms with van der Waals surface area (Å²) in [6.45, 7) is 1.35. The number of hydrogen-bond acceptors (Lipinski definition) is 3. The summed E-state index contributed by atoms with van der Waals surface area (Å²) in [5.41, 5.74) is 5.06. The molecule has 3 aromatic rings. The van der Waals surface area contributed by atoms with Crippen LogP contribution in [0.1, 0.15) is 34.3 Å². The Kier molecular flexibility index (Phi) is 6.84. The van der Waals surface area contributed by atoms with Gasteiger partial charge in [0.25, 0.3) is 5.91 Å². The summed E-state index contributed by atoms with van der Waals surface area (Å²) in [5, 5.41) is 2.98. The third-order valence-corrected chi connectivity index (χ3v) is 5.10. The first-order chi connectivity index (χ1) is 15.7. The smallest absolute Gasteiger partial charge is 0.251 e. The molecule has 1 N–H and O–H groups in total. The van der Waals surface area contributed by atoms with Gasteiger partial charge in [0.15, 0.2) is 0 Å². The second-order valence-electron chi connectivity index (χ2n) is 7.39. The number of carbonyl (C=O) groups is 1. The molecule has 158 valence electrons. The van der Waals surface area contributed by atoms with Crippen molar-refractivity contribution in [3.8, 4) is 23.0 Å². The number of amides is 1. The van der Waals surface area contributed by atoms with Crippen LogP contribution in [-0.4, -0.2) is 30.2 Å². The number of carbonyl (C=O) groups excluding carboxylic acids is 1. The standard InChI is InChI=1S/C27H22FN3O/c28-25-8-4-20(5-9-25)3-6-23-18-24(7-10-26(23)22-12-16-29-17-13-22)27(32)31-14-1-2-21-11-15-30-19-21/h4-5,7-13,16-19H,1-2,14-15H2,(H,31,32). The van der Waals surface area contributed by atoms with Gasteiger partial charge in [0.1, 0.15) is 5.82 Å². The molecule has 1 aliphatic rings. The van der Waals surface area contributed by atoms with E-state index in [2.05, 4.69) is 33.2 Å². The van der Waals surface area contributed by atoms with E-state index in [4.69, 9.17) is 0 Å². The zero-order valence-electron chi connectivity index (χ0n) is 17.5. The molecule has 0 spiro atoms. The van der Waals surface area contributed by atoms with Crippen molar-refractivity contribution in [1.29, 1.82) is 0 Å². The van der Waals surface area contributed by atoms with Crippen LogP contribution in [0.25, 0.3) is 11.1 Å². The van der Waals surface area contributed by atoms with Crippen LogP contribution in [0.5, 0.6) is 0 Å². The maximum absolute atomic E-state index is 13.2. The highest BCUT2D eigenvalue weighted by molar-refractivity contribution is 5.95. The first kappa shape index (κ1) is 21.2. The van der Waals surface area contributed by atoms with Crippen LogP contribution in [-0.2, 0) is 0 Å². The van der Waals surface area contributed by atoms with E-state index >= 15 is 0 Å². The summed E-state index contributed by atoms with van der Waals surface area (Å²) in [4.78, 5) is 20.9. The molecule has 1 amide bonds. The van der Waals surface area contributed by atoms with Gasteiger partial charge in [-0.05, 0) is 78.1 Å². The fraction of sp³-hybridized carbons (Fsp3) is 0.148. The molecule has 2 aromatic carbocycles. The number of halogens is 1. The van der Waals surface area contributed by atoms with Crippen LogP contribution in [0.4, 0.5) is 4.39 Å². The lowest BCUT2D eigenvalue weighted by Crippen LogP contribution is -2.24. The second kappa shape index (κ2) is 10.3. The van der Waals surface area contributed by atoms with E-state index < -0.39 is 0 Å². The molecule has 1 aliphatic heterocycles. The fourth-order valence-electron chi connectivity index (χ4n) is 3.40. The molecule has 0 saturated heterocycles. The number of pyridine rings is 1. The summed E-state index contributed by atoms with van der Waals surface area (Å²) >= 11 is 0. The van der Waals surface area contributed by atoms with E-state index in [0.29, 0.717) is 17.7 Å². The number of aromatic nitrogens is 1. The van der Waals surface area contributed by atoms with Crippen LogP contribution in [0, 0.1) is 17.7 Å². The van der Waals surface area contributed by atoms with Crippen LogP contribution in [0.2, 0.25) is 0 Å². The van der Waals surface area contributed by atoms with E-state index in [-0.39, 0.29) is 11.7 Å². The maximum Gasteiger partial charge on any atom is 0.251 e. The summed E-state index contributed by atoms with van der Waals surface area (Å²) < 4.78 is 13.2. The molecule has 0 atom stereocenters. The van der Waals surface area contributed by atoms with Crippen LogP contribution in [0.15, 0.2) is 83.6 Å². The molecule has 0 radical (unpaired) electrons. The van der Waals surface area contributed by atoms with Crippen molar-refractivity contribution in [3.63, 3.8) is 0 Å². The molecule has 4 rings (SSSR count). The van der Waals surface area contributed by atoms with Crippen molar-refractivity contribution in [2.45, 2.75) is 12.8 Å². The number of rotatable bonds is 6. The molecule has 0 unspecified atom stereocenters. The lowest BCUT2D eigenvalue weighted by molar-refractivity contribution is 0.0953. The maximum atomic E-state index is 13.2. The highest BCUT2D eigenvalue weighted by Crippen LogP contribution is 2.24. The van der Waals surface area contributed by atoms with Gasteiger partial charge in [-0.1, -0.05) is 24.0 Å². The Bertz CT molecular complexity index is 1220. The quantitative estimate of drug-likeness (QED) is 0.457. The number of nitrogens with zero attached hydrogens (tertiary/aromatic N) is 2. The molecule has 4 nitrogen and oxygen atoms in total. The van der Waals surface area contributed by atoms with E-state index in [1.165, 1.54) is 17.7 Å². The molecule has 2 heterocycles. The SMILES string of the molecule is O=C(NCCCC1=CCN=C1)c1ccc(-c2ccncc2)c(C#Cc2ccc(F)cc2)c1. The summed E-state index contributed by atoms with van der Waals surface area (Å²) in [7, 11) is 0. The van der Waals surface area contributed by atoms with Crippen molar-refractivity contribution >= 4 is 12.1 Å². The van der Waals surface area contributed by atoms with E-state index in [1.807, 2.05) is 24.4 Å². The average molecular weight is 423 g/mol. The van der Waals surface area contributed by atoms with Crippen LogP contribution >= 0.6 is 0 Å². The molecular weight excluding hydrogens is 401 g/mol. The van der Waals surface area contributed by atoms with E-state index in [0.717, 1.165) is 36.1 Å². The topological polar surface area (TPSA) is 54.4 Å². The zero-order chi connectivity index (χ0) is 22.2. The predicted octanol–water partition coefficient (Wildman–Crippen LogP) is 4.81. The van der Waals surface area contributed by atoms with Crippen molar-refractivity contribution in [1.82, 2.24) is 10.3 Å². The monoisotopic (exact) mass is 423 g/mol. The van der Waals surface area contributed by atoms with Gasteiger partial charge in [-0.15, -0.1) is 0 Å². The fourth-order valence-corrected chi connectivity index (χ4v) is 3.40. The average Bonchev–Trinajstić information content (AvgIpc) is 3.35. The molecule has 0 bridgehead atoms. The van der Waals surface area contributed by atoms with Crippen molar-refractivity contribution in [2.24, 2.45) is 4.99 Å². The number of hydrogen-bond donors (Lipinski definition) is 1. The number of allylic oxidation sites excluding steroid dienone is 1. The van der Waals surface area contributed by atoms with Gasteiger partial charge >= 0.3 is 0 Å². The third kappa shape index (κ3) is 5.55. The Hall–Kier alpha value is -4.04. The highest BCUT2D eigenvalue weighted by atomic mass is 19.1. The van der Waals surface area contributed by atoms with Gasteiger partial charge < -0.3 is 5.32 Å². The summed E-state index contributed by atoms with van der Waals surface area (Å²) in [5.74, 6) is 5.78. The van der Waals surface area contributed by atoms with E-state index in [9.17, 15) is 9.18 Å². The minimum absolute atomic E-state index is 0.134. The minimum atomic E-state index is -0.303. The van der Waals surface area contributed by atoms with Gasteiger partial charge in [-0.2, -0.15) is 0 Å². The van der Waals surface area contributed by atoms with Crippen molar-refractivity contribution in [3.05, 3.63) is 101 Å². The second-order valence-corrected chi connectivity index (χ2v) is 7.39. The predicted molar refractivity (Wildman–Crippen MR) is 125 cm³/mol. The Balaban J connectivity index is 1.53. The lowest BCUT2D eigenvalue weighted by Gasteiger charge is -2.09. The molecule has 5 heteroatoms.